The molecule has 0 heterocycles. The maximum Gasteiger partial charge on any atom is 0.175 e. The second kappa shape index (κ2) is 7.88. The summed E-state index contributed by atoms with van der Waals surface area (Å²) < 4.78 is 0. The minimum atomic E-state index is 0.0553. The summed E-state index contributed by atoms with van der Waals surface area (Å²) in [5, 5.41) is 6.95. The number of hydrogen-bond donors (Lipinski definition) is 2. The fourth-order valence-electron chi connectivity index (χ4n) is 2.33. The summed E-state index contributed by atoms with van der Waals surface area (Å²) in [6.07, 6.45) is 1.07. The van der Waals surface area contributed by atoms with E-state index < -0.39 is 0 Å². The fourth-order valence-corrected chi connectivity index (χ4v) is 2.56. The Bertz CT molecular complexity index is 695. The Balaban J connectivity index is 2.06. The SMILES string of the molecule is CC[C@@H](C)c1ccccc1NC(=S)Nc1ccc(C(C)=O)cc1. The molecule has 2 rings (SSSR count). The van der Waals surface area contributed by atoms with Gasteiger partial charge in [-0.2, -0.15) is 0 Å². The summed E-state index contributed by atoms with van der Waals surface area (Å²) in [7, 11) is 0. The second-order valence-corrected chi connectivity index (χ2v) is 6.02. The molecule has 2 aromatic rings. The molecule has 0 aliphatic rings. The fraction of sp³-hybridized carbons (Fsp3) is 0.263. The van der Waals surface area contributed by atoms with E-state index in [2.05, 4.69) is 30.5 Å². The van der Waals surface area contributed by atoms with E-state index in [1.807, 2.05) is 30.3 Å². The van der Waals surface area contributed by atoms with Crippen molar-refractivity contribution in [3.05, 3.63) is 59.7 Å². The van der Waals surface area contributed by atoms with Crippen LogP contribution in [0.3, 0.4) is 0 Å². The number of benzene rings is 2. The molecule has 0 saturated carbocycles. The van der Waals surface area contributed by atoms with E-state index >= 15 is 0 Å². The molecule has 0 saturated heterocycles. The van der Waals surface area contributed by atoms with Crippen LogP contribution in [0.15, 0.2) is 48.5 Å². The first-order chi connectivity index (χ1) is 11.0. The third-order valence-corrected chi connectivity index (χ3v) is 4.11. The van der Waals surface area contributed by atoms with Gasteiger partial charge in [0, 0.05) is 16.9 Å². The molecule has 0 unspecified atom stereocenters. The topological polar surface area (TPSA) is 41.1 Å². The van der Waals surface area contributed by atoms with Gasteiger partial charge in [-0.15, -0.1) is 0 Å². The molecule has 1 atom stereocenters. The summed E-state index contributed by atoms with van der Waals surface area (Å²) in [5.74, 6) is 0.524. The predicted molar refractivity (Wildman–Crippen MR) is 101 cm³/mol. The lowest BCUT2D eigenvalue weighted by atomic mass is 9.97. The lowest BCUT2D eigenvalue weighted by Gasteiger charge is -2.17. The van der Waals surface area contributed by atoms with Crippen molar-refractivity contribution >= 4 is 34.5 Å². The molecule has 2 N–H and O–H groups in total. The largest absolute Gasteiger partial charge is 0.332 e. The zero-order valence-electron chi connectivity index (χ0n) is 13.7. The molecular formula is C19H22N2OS. The molecule has 0 aliphatic heterocycles. The number of hydrogen-bond acceptors (Lipinski definition) is 2. The highest BCUT2D eigenvalue weighted by Crippen LogP contribution is 2.26. The van der Waals surface area contributed by atoms with E-state index in [0.717, 1.165) is 17.8 Å². The molecule has 4 heteroatoms. The summed E-state index contributed by atoms with van der Waals surface area (Å²) in [6, 6.07) is 15.5. The zero-order valence-corrected chi connectivity index (χ0v) is 14.5. The first kappa shape index (κ1) is 17.2. The molecule has 0 bridgehead atoms. The Hall–Kier alpha value is -2.20. The molecular weight excluding hydrogens is 304 g/mol. The molecule has 0 fully saturated rings. The van der Waals surface area contributed by atoms with E-state index in [1.54, 1.807) is 19.1 Å². The molecule has 23 heavy (non-hydrogen) atoms. The molecule has 0 amide bonds. The number of carbonyl (C=O) groups excluding carboxylic acids is 1. The van der Waals surface area contributed by atoms with Gasteiger partial charge in [-0.3, -0.25) is 4.79 Å². The Morgan fingerprint density at radius 1 is 1.09 bits per heavy atom. The van der Waals surface area contributed by atoms with Gasteiger partial charge >= 0.3 is 0 Å². The number of para-hydroxylation sites is 1. The van der Waals surface area contributed by atoms with Crippen LogP contribution in [-0.4, -0.2) is 10.9 Å². The van der Waals surface area contributed by atoms with Gasteiger partial charge in [0.15, 0.2) is 10.9 Å². The van der Waals surface area contributed by atoms with Gasteiger partial charge in [0.1, 0.15) is 0 Å². The van der Waals surface area contributed by atoms with Crippen LogP contribution in [0.25, 0.3) is 0 Å². The van der Waals surface area contributed by atoms with E-state index in [-0.39, 0.29) is 5.78 Å². The molecule has 0 aliphatic carbocycles. The molecule has 0 aromatic heterocycles. The number of Topliss-reactive ketones (excluding diaryl/α,β-unsaturated/α-hetero) is 1. The number of thiocarbonyl (C=S) groups is 1. The number of anilines is 2. The number of rotatable bonds is 5. The zero-order chi connectivity index (χ0) is 16.8. The standard InChI is InChI=1S/C19H22N2OS/c1-4-13(2)17-7-5-6-8-18(17)21-19(23)20-16-11-9-15(10-12-16)14(3)22/h5-13H,4H2,1-3H3,(H2,20,21,23)/t13-/m1/s1. The van der Waals surface area contributed by atoms with Crippen LogP contribution in [0.5, 0.6) is 0 Å². The highest BCUT2D eigenvalue weighted by molar-refractivity contribution is 7.80. The van der Waals surface area contributed by atoms with E-state index in [9.17, 15) is 4.79 Å². The van der Waals surface area contributed by atoms with E-state index in [1.165, 1.54) is 5.56 Å². The molecule has 3 nitrogen and oxygen atoms in total. The highest BCUT2D eigenvalue weighted by atomic mass is 32.1. The van der Waals surface area contributed by atoms with E-state index in [0.29, 0.717) is 16.6 Å². The van der Waals surface area contributed by atoms with Gasteiger partial charge in [-0.1, -0.05) is 32.0 Å². The minimum Gasteiger partial charge on any atom is -0.332 e. The Labute approximate surface area is 143 Å². The molecule has 2 aromatic carbocycles. The quantitative estimate of drug-likeness (QED) is 0.584. The van der Waals surface area contributed by atoms with Gasteiger partial charge in [-0.05, 0) is 67.4 Å². The summed E-state index contributed by atoms with van der Waals surface area (Å²) in [6.45, 7) is 5.94. The Morgan fingerprint density at radius 3 is 2.35 bits per heavy atom. The second-order valence-electron chi connectivity index (χ2n) is 5.61. The van der Waals surface area contributed by atoms with Crippen LogP contribution in [0.1, 0.15) is 49.0 Å². The van der Waals surface area contributed by atoms with Crippen molar-refractivity contribution in [2.45, 2.75) is 33.1 Å². The number of carbonyl (C=O) groups is 1. The predicted octanol–water partition coefficient (Wildman–Crippen LogP) is 5.21. The Kier molecular flexibility index (Phi) is 5.88. The van der Waals surface area contributed by atoms with Gasteiger partial charge in [-0.25, -0.2) is 0 Å². The van der Waals surface area contributed by atoms with Crippen LogP contribution in [0, 0.1) is 0 Å². The normalized spacial score (nSPS) is 11.6. The third kappa shape index (κ3) is 4.63. The smallest absolute Gasteiger partial charge is 0.175 e. The van der Waals surface area contributed by atoms with Crippen molar-refractivity contribution in [1.29, 1.82) is 0 Å². The van der Waals surface area contributed by atoms with Crippen LogP contribution in [0.4, 0.5) is 11.4 Å². The van der Waals surface area contributed by atoms with Gasteiger partial charge in [0.2, 0.25) is 0 Å². The van der Waals surface area contributed by atoms with Crippen molar-refractivity contribution in [3.8, 4) is 0 Å². The average Bonchev–Trinajstić information content (AvgIpc) is 2.55. The summed E-state index contributed by atoms with van der Waals surface area (Å²) >= 11 is 5.40. The minimum absolute atomic E-state index is 0.0553. The Morgan fingerprint density at radius 2 is 1.74 bits per heavy atom. The van der Waals surface area contributed by atoms with Crippen LogP contribution >= 0.6 is 12.2 Å². The molecule has 0 radical (unpaired) electrons. The van der Waals surface area contributed by atoms with Crippen LogP contribution < -0.4 is 10.6 Å². The highest BCUT2D eigenvalue weighted by Gasteiger charge is 2.09. The first-order valence-electron chi connectivity index (χ1n) is 7.79. The van der Waals surface area contributed by atoms with Crippen LogP contribution in [-0.2, 0) is 0 Å². The summed E-state index contributed by atoms with van der Waals surface area (Å²) in [4.78, 5) is 11.3. The third-order valence-electron chi connectivity index (χ3n) is 3.90. The first-order valence-corrected chi connectivity index (χ1v) is 8.20. The van der Waals surface area contributed by atoms with Crippen molar-refractivity contribution in [3.63, 3.8) is 0 Å². The van der Waals surface area contributed by atoms with Crippen LogP contribution in [0.2, 0.25) is 0 Å². The maximum atomic E-state index is 11.3. The molecule has 0 spiro atoms. The van der Waals surface area contributed by atoms with Crippen molar-refractivity contribution in [2.24, 2.45) is 0 Å². The average molecular weight is 326 g/mol. The number of nitrogens with one attached hydrogen (secondary N) is 2. The van der Waals surface area contributed by atoms with Gasteiger partial charge in [0.05, 0.1) is 0 Å². The molecule has 120 valence electrons. The van der Waals surface area contributed by atoms with Crippen molar-refractivity contribution < 1.29 is 4.79 Å². The van der Waals surface area contributed by atoms with Crippen molar-refractivity contribution in [2.75, 3.05) is 10.6 Å². The lowest BCUT2D eigenvalue weighted by Crippen LogP contribution is -2.20. The lowest BCUT2D eigenvalue weighted by molar-refractivity contribution is 0.101. The van der Waals surface area contributed by atoms with E-state index in [4.69, 9.17) is 12.2 Å². The van der Waals surface area contributed by atoms with Crippen molar-refractivity contribution in [1.82, 2.24) is 0 Å². The monoisotopic (exact) mass is 326 g/mol. The number of ketones is 1. The van der Waals surface area contributed by atoms with Gasteiger partial charge in [0.25, 0.3) is 0 Å². The van der Waals surface area contributed by atoms with Gasteiger partial charge < -0.3 is 10.6 Å². The maximum absolute atomic E-state index is 11.3. The summed E-state index contributed by atoms with van der Waals surface area (Å²) in [5.41, 5.74) is 3.83.